The second-order valence-corrected chi connectivity index (χ2v) is 16.2. The number of alkyl halides is 3. The van der Waals surface area contributed by atoms with Crippen molar-refractivity contribution < 1.29 is 38.2 Å². The zero-order chi connectivity index (χ0) is 48.8. The summed E-state index contributed by atoms with van der Waals surface area (Å²) in [5.74, 6) is -2.76. The van der Waals surface area contributed by atoms with Crippen molar-refractivity contribution in [3.8, 4) is 11.5 Å². The molecule has 5 aromatic rings. The molecule has 0 spiro atoms. The van der Waals surface area contributed by atoms with Gasteiger partial charge < -0.3 is 30.7 Å². The molecule has 0 saturated heterocycles. The van der Waals surface area contributed by atoms with E-state index in [1.54, 1.807) is 36.4 Å². The van der Waals surface area contributed by atoms with Gasteiger partial charge in [0, 0.05) is 50.2 Å². The minimum absolute atomic E-state index is 0.0798. The molecule has 5 aromatic carbocycles. The summed E-state index contributed by atoms with van der Waals surface area (Å²) < 4.78 is 10.7. The number of methoxy groups -OCH3 is 2. The van der Waals surface area contributed by atoms with Crippen LogP contribution >= 0.6 is 58.0 Å². The predicted molar refractivity (Wildman–Crippen MR) is 260 cm³/mol. The summed E-state index contributed by atoms with van der Waals surface area (Å²) in [6.45, 7) is 2.32. The number of ether oxygens (including phenoxy) is 2. The van der Waals surface area contributed by atoms with E-state index in [1.807, 2.05) is 0 Å². The van der Waals surface area contributed by atoms with Crippen LogP contribution in [-0.2, 0) is 37.4 Å². The molecule has 67 heavy (non-hydrogen) atoms. The minimum atomic E-state index is -1.62. The summed E-state index contributed by atoms with van der Waals surface area (Å²) >= 11 is 30.7. The number of halogens is 5. The number of carbonyl (C=O) groups excluding carboxylic acids is 6. The normalized spacial score (nSPS) is 12.0. The van der Waals surface area contributed by atoms with Gasteiger partial charge in [0.25, 0.3) is 23.6 Å². The van der Waals surface area contributed by atoms with E-state index < -0.39 is 47.3 Å². The van der Waals surface area contributed by atoms with Crippen LogP contribution in [-0.4, -0.2) is 67.4 Å². The van der Waals surface area contributed by atoms with Gasteiger partial charge in [-0.1, -0.05) is 35.3 Å². The molecule has 4 N–H and O–H groups in total. The van der Waals surface area contributed by atoms with Gasteiger partial charge in [-0.05, 0) is 116 Å². The Balaban J connectivity index is 1.28. The van der Waals surface area contributed by atoms with E-state index in [0.717, 1.165) is 25.0 Å². The Morgan fingerprint density at radius 2 is 1.01 bits per heavy atom. The highest BCUT2D eigenvalue weighted by atomic mass is 35.5. The average molecular weight is 1010 g/mol. The standard InChI is InChI=1S/C46H41Cl5N8O8/c1-24(60)41(58-56-34-18-29(15-31(50)20-34)43(62)54-37-13-26(22-48)5-9-39(37)66-3)45(64)52-33-7-8-36(28(17-33)11-12-47)53-46(65)42(25(2)61)59-57-35-19-30(16-32(51)21-35)44(63)55-38-14-27(23-49)6-10-40(38)67-4/h5-10,13-21,41-42H,11-12,22-23H2,1-4H3,(H,52,64)(H,53,65)(H,54,62)(H,55,63). The molecule has 0 aliphatic rings. The Morgan fingerprint density at radius 1 is 0.552 bits per heavy atom. The summed E-state index contributed by atoms with van der Waals surface area (Å²) in [4.78, 5) is 78.8. The van der Waals surface area contributed by atoms with Gasteiger partial charge in [-0.2, -0.15) is 20.5 Å². The molecular formula is C46H41Cl5N8O8. The van der Waals surface area contributed by atoms with Crippen LogP contribution in [0.2, 0.25) is 10.0 Å². The van der Waals surface area contributed by atoms with Crippen LogP contribution < -0.4 is 30.7 Å². The van der Waals surface area contributed by atoms with Crippen molar-refractivity contribution in [1.82, 2.24) is 0 Å². The number of anilines is 4. The monoisotopic (exact) mass is 1010 g/mol. The van der Waals surface area contributed by atoms with Gasteiger partial charge in [-0.3, -0.25) is 28.8 Å². The second-order valence-electron chi connectivity index (χ2n) is 14.4. The molecule has 348 valence electrons. The quantitative estimate of drug-likeness (QED) is 0.0333. The van der Waals surface area contributed by atoms with Gasteiger partial charge >= 0.3 is 0 Å². The number of Topliss-reactive ketones (excluding diaryl/α,β-unsaturated/α-hetero) is 2. The third-order valence-corrected chi connectivity index (χ3v) is 10.7. The van der Waals surface area contributed by atoms with Gasteiger partial charge in [0.05, 0.1) is 37.0 Å². The van der Waals surface area contributed by atoms with Crippen LogP contribution in [0.5, 0.6) is 11.5 Å². The largest absolute Gasteiger partial charge is 0.495 e. The number of ketones is 2. The van der Waals surface area contributed by atoms with Gasteiger partial charge in [0.2, 0.25) is 12.1 Å². The molecule has 0 fully saturated rings. The van der Waals surface area contributed by atoms with Gasteiger partial charge in [-0.25, -0.2) is 0 Å². The minimum Gasteiger partial charge on any atom is -0.495 e. The lowest BCUT2D eigenvalue weighted by Gasteiger charge is -2.15. The predicted octanol–water partition coefficient (Wildman–Crippen LogP) is 11.1. The summed E-state index contributed by atoms with van der Waals surface area (Å²) in [6.07, 6.45) is 0.202. The number of amides is 4. The lowest BCUT2D eigenvalue weighted by atomic mass is 10.1. The SMILES string of the molecule is COc1ccc(CCl)cc1NC(=O)c1cc(Cl)cc(N=NC(C(C)=O)C(=O)Nc2ccc(NC(=O)C(N=Nc3cc(Cl)cc(C(=O)Nc4cc(CCl)ccc4OC)c3)C(C)=O)c(CCCl)c2)c1. The van der Waals surface area contributed by atoms with Crippen LogP contribution in [0.3, 0.4) is 0 Å². The lowest BCUT2D eigenvalue weighted by Crippen LogP contribution is -2.32. The zero-order valence-corrected chi connectivity index (χ0v) is 39.9. The van der Waals surface area contributed by atoms with Crippen molar-refractivity contribution in [2.75, 3.05) is 41.4 Å². The topological polar surface area (TPSA) is 218 Å². The van der Waals surface area contributed by atoms with Gasteiger partial charge in [0.15, 0.2) is 11.6 Å². The maximum Gasteiger partial charge on any atom is 0.258 e. The van der Waals surface area contributed by atoms with E-state index in [0.29, 0.717) is 28.4 Å². The fraction of sp³-hybridized carbons (Fsp3) is 0.217. The third kappa shape index (κ3) is 14.3. The second kappa shape index (κ2) is 24.4. The molecule has 5 rings (SSSR count). The van der Waals surface area contributed by atoms with Crippen LogP contribution in [0.25, 0.3) is 0 Å². The molecule has 2 atom stereocenters. The van der Waals surface area contributed by atoms with E-state index in [4.69, 9.17) is 67.5 Å². The maximum absolute atomic E-state index is 13.5. The fourth-order valence-corrected chi connectivity index (χ4v) is 7.18. The Hall–Kier alpha value is -6.43. The summed E-state index contributed by atoms with van der Waals surface area (Å²) in [7, 11) is 2.91. The number of nitrogens with zero attached hydrogens (tertiary/aromatic N) is 4. The summed E-state index contributed by atoms with van der Waals surface area (Å²) in [5, 5.41) is 27.2. The smallest absolute Gasteiger partial charge is 0.258 e. The lowest BCUT2D eigenvalue weighted by molar-refractivity contribution is -0.127. The summed E-state index contributed by atoms with van der Waals surface area (Å²) in [6, 6.07) is 19.7. The molecule has 0 bridgehead atoms. The summed E-state index contributed by atoms with van der Waals surface area (Å²) in [5.41, 5.74) is 3.51. The number of rotatable bonds is 20. The molecule has 2 unspecified atom stereocenters. The molecule has 0 heterocycles. The van der Waals surface area contributed by atoms with Crippen molar-refractivity contribution in [2.45, 2.75) is 44.1 Å². The molecular weight excluding hydrogens is 970 g/mol. The first kappa shape index (κ1) is 51.6. The van der Waals surface area contributed by atoms with Crippen LogP contribution in [0.15, 0.2) is 111 Å². The van der Waals surface area contributed by atoms with Crippen molar-refractivity contribution in [1.29, 1.82) is 0 Å². The Bertz CT molecular complexity index is 2770. The molecule has 4 amide bonds. The highest BCUT2D eigenvalue weighted by Crippen LogP contribution is 2.31. The van der Waals surface area contributed by atoms with E-state index in [-0.39, 0.29) is 68.0 Å². The molecule has 21 heteroatoms. The Labute approximate surface area is 409 Å². The number of carbonyl (C=O) groups is 6. The van der Waals surface area contributed by atoms with Crippen LogP contribution in [0, 0.1) is 0 Å². The van der Waals surface area contributed by atoms with Crippen molar-refractivity contribution >= 4 is 127 Å². The van der Waals surface area contributed by atoms with E-state index in [9.17, 15) is 28.8 Å². The molecule has 0 aliphatic carbocycles. The number of hydrogen-bond acceptors (Lipinski definition) is 12. The third-order valence-electron chi connectivity index (χ3n) is 9.46. The number of hydrogen-bond donors (Lipinski definition) is 4. The van der Waals surface area contributed by atoms with Crippen LogP contribution in [0.1, 0.15) is 51.3 Å². The first-order chi connectivity index (χ1) is 32.0. The van der Waals surface area contributed by atoms with Gasteiger partial charge in [-0.15, -0.1) is 34.8 Å². The zero-order valence-electron chi connectivity index (χ0n) is 36.1. The highest BCUT2D eigenvalue weighted by Gasteiger charge is 2.26. The van der Waals surface area contributed by atoms with Crippen molar-refractivity contribution in [3.05, 3.63) is 129 Å². The first-order valence-electron chi connectivity index (χ1n) is 19.9. The molecule has 0 saturated carbocycles. The fourth-order valence-electron chi connectivity index (χ4n) is 6.19. The number of benzene rings is 5. The number of azo groups is 2. The van der Waals surface area contributed by atoms with E-state index in [2.05, 4.69) is 41.7 Å². The average Bonchev–Trinajstić information content (AvgIpc) is 3.29. The van der Waals surface area contributed by atoms with Crippen LogP contribution in [0.4, 0.5) is 34.1 Å². The van der Waals surface area contributed by atoms with Gasteiger partial charge in [0.1, 0.15) is 11.5 Å². The maximum atomic E-state index is 13.5. The Kier molecular flexibility index (Phi) is 18.8. The number of aryl methyl sites for hydroxylation is 1. The molecule has 0 radical (unpaired) electrons. The molecule has 0 aromatic heterocycles. The van der Waals surface area contributed by atoms with Crippen molar-refractivity contribution in [3.63, 3.8) is 0 Å². The highest BCUT2D eigenvalue weighted by molar-refractivity contribution is 6.32. The Morgan fingerprint density at radius 3 is 1.43 bits per heavy atom. The van der Waals surface area contributed by atoms with E-state index in [1.165, 1.54) is 68.8 Å². The van der Waals surface area contributed by atoms with E-state index >= 15 is 0 Å². The molecule has 16 nitrogen and oxygen atoms in total. The first-order valence-corrected chi connectivity index (χ1v) is 22.2. The van der Waals surface area contributed by atoms with Crippen molar-refractivity contribution in [2.24, 2.45) is 20.5 Å². The molecule has 0 aliphatic heterocycles. The number of nitrogens with one attached hydrogen (secondary N) is 4.